The Morgan fingerprint density at radius 2 is 2.10 bits per heavy atom. The Labute approximate surface area is 125 Å². The molecule has 1 aromatic heterocycles. The summed E-state index contributed by atoms with van der Waals surface area (Å²) in [5.74, 6) is 0. The van der Waals surface area contributed by atoms with Crippen molar-refractivity contribution in [3.05, 3.63) is 51.0 Å². The topological polar surface area (TPSA) is 38.9 Å². The number of nitrogens with zero attached hydrogens (tertiary/aromatic N) is 1. The number of rotatable bonds is 2. The number of thiazole rings is 1. The van der Waals surface area contributed by atoms with E-state index in [2.05, 4.69) is 45.0 Å². The maximum absolute atomic E-state index is 6.33. The molecule has 0 aliphatic heterocycles. The zero-order valence-corrected chi connectivity index (χ0v) is 13.3. The summed E-state index contributed by atoms with van der Waals surface area (Å²) in [6.45, 7) is 6.74. The molecule has 20 heavy (non-hydrogen) atoms. The molecule has 1 aliphatic carbocycles. The number of hydrogen-bond donors (Lipinski definition) is 1. The fourth-order valence-electron chi connectivity index (χ4n) is 3.09. The first-order valence-electron chi connectivity index (χ1n) is 7.23. The summed E-state index contributed by atoms with van der Waals surface area (Å²) in [5.41, 5.74) is 10.6. The van der Waals surface area contributed by atoms with Gasteiger partial charge in [0.1, 0.15) is 0 Å². The van der Waals surface area contributed by atoms with Crippen molar-refractivity contribution in [1.82, 2.24) is 4.98 Å². The Bertz CT molecular complexity index is 628. The van der Waals surface area contributed by atoms with E-state index >= 15 is 0 Å². The summed E-state index contributed by atoms with van der Waals surface area (Å²) < 4.78 is 0. The maximum Gasteiger partial charge on any atom is 0.0975 e. The van der Waals surface area contributed by atoms with Gasteiger partial charge in [-0.1, -0.05) is 38.1 Å². The highest BCUT2D eigenvalue weighted by Crippen LogP contribution is 2.42. The largest absolute Gasteiger partial charge is 0.323 e. The average molecular weight is 286 g/mol. The lowest BCUT2D eigenvalue weighted by Crippen LogP contribution is -2.28. The molecule has 1 aromatic carbocycles. The predicted octanol–water partition coefficient (Wildman–Crippen LogP) is 4.01. The number of nitrogens with two attached hydrogens (primary N) is 1. The first-order valence-corrected chi connectivity index (χ1v) is 8.05. The molecule has 1 heterocycles. The van der Waals surface area contributed by atoms with Gasteiger partial charge < -0.3 is 5.73 Å². The van der Waals surface area contributed by atoms with E-state index in [1.165, 1.54) is 26.7 Å². The summed E-state index contributed by atoms with van der Waals surface area (Å²) in [6.07, 6.45) is 3.05. The van der Waals surface area contributed by atoms with E-state index in [9.17, 15) is 0 Å². The molecule has 0 fully saturated rings. The standard InChI is InChI=1S/C17H22N2S/c1-11-6-4-5-7-12(11)8-15-19-14-10-17(2,3)9-13(18)16(14)20-15/h4-7,13H,8-10,18H2,1-3H3. The maximum atomic E-state index is 6.33. The molecule has 2 nitrogen and oxygen atoms in total. The van der Waals surface area contributed by atoms with Crippen molar-refractivity contribution in [1.29, 1.82) is 0 Å². The number of fused-ring (bicyclic) bond motifs is 1. The molecule has 0 saturated carbocycles. The molecule has 0 amide bonds. The van der Waals surface area contributed by atoms with Gasteiger partial charge in [0.15, 0.2) is 0 Å². The van der Waals surface area contributed by atoms with Gasteiger partial charge >= 0.3 is 0 Å². The second-order valence-corrected chi connectivity index (χ2v) is 7.79. The van der Waals surface area contributed by atoms with Gasteiger partial charge in [0.2, 0.25) is 0 Å². The molecule has 0 saturated heterocycles. The summed E-state index contributed by atoms with van der Waals surface area (Å²) >= 11 is 1.81. The molecular formula is C17H22N2S. The molecule has 0 spiro atoms. The highest BCUT2D eigenvalue weighted by molar-refractivity contribution is 7.11. The summed E-state index contributed by atoms with van der Waals surface area (Å²) in [5, 5.41) is 1.21. The first-order chi connectivity index (χ1) is 9.44. The van der Waals surface area contributed by atoms with Crippen LogP contribution in [-0.2, 0) is 12.8 Å². The van der Waals surface area contributed by atoms with E-state index < -0.39 is 0 Å². The zero-order valence-electron chi connectivity index (χ0n) is 12.4. The van der Waals surface area contributed by atoms with Crippen molar-refractivity contribution in [3.63, 3.8) is 0 Å². The van der Waals surface area contributed by atoms with Crippen LogP contribution in [0.4, 0.5) is 0 Å². The second kappa shape index (κ2) is 4.97. The Balaban J connectivity index is 1.89. The van der Waals surface area contributed by atoms with Crippen LogP contribution in [-0.4, -0.2) is 4.98 Å². The van der Waals surface area contributed by atoms with Crippen molar-refractivity contribution in [2.24, 2.45) is 11.1 Å². The number of aryl methyl sites for hydroxylation is 1. The third kappa shape index (κ3) is 2.65. The Hall–Kier alpha value is -1.19. The van der Waals surface area contributed by atoms with Crippen LogP contribution in [0.25, 0.3) is 0 Å². The van der Waals surface area contributed by atoms with E-state index in [0.29, 0.717) is 0 Å². The fourth-order valence-corrected chi connectivity index (χ4v) is 4.20. The molecule has 106 valence electrons. The molecule has 3 heteroatoms. The van der Waals surface area contributed by atoms with Gasteiger partial charge in [-0.15, -0.1) is 11.3 Å². The monoisotopic (exact) mass is 286 g/mol. The summed E-state index contributed by atoms with van der Waals surface area (Å²) in [6, 6.07) is 8.71. The number of hydrogen-bond acceptors (Lipinski definition) is 3. The average Bonchev–Trinajstić information content (AvgIpc) is 2.73. The van der Waals surface area contributed by atoms with Crippen LogP contribution in [0.1, 0.15) is 53.0 Å². The Kier molecular flexibility index (Phi) is 3.43. The first kappa shape index (κ1) is 13.8. The van der Waals surface area contributed by atoms with Crippen LogP contribution < -0.4 is 5.73 Å². The SMILES string of the molecule is Cc1ccccc1Cc1nc2c(s1)C(N)CC(C)(C)C2. The van der Waals surface area contributed by atoms with Gasteiger partial charge in [-0.3, -0.25) is 0 Å². The van der Waals surface area contributed by atoms with Crippen molar-refractivity contribution in [2.75, 3.05) is 0 Å². The lowest BCUT2D eigenvalue weighted by atomic mass is 9.77. The van der Waals surface area contributed by atoms with Gasteiger partial charge in [0.05, 0.1) is 10.7 Å². The van der Waals surface area contributed by atoms with E-state index in [4.69, 9.17) is 10.7 Å². The van der Waals surface area contributed by atoms with Gasteiger partial charge in [-0.25, -0.2) is 4.98 Å². The molecular weight excluding hydrogens is 264 g/mol. The third-order valence-electron chi connectivity index (χ3n) is 4.13. The molecule has 2 aromatic rings. The molecule has 1 aliphatic rings. The minimum atomic E-state index is 0.164. The second-order valence-electron chi connectivity index (χ2n) is 6.67. The van der Waals surface area contributed by atoms with Crippen molar-refractivity contribution in [3.8, 4) is 0 Å². The lowest BCUT2D eigenvalue weighted by molar-refractivity contribution is 0.282. The van der Waals surface area contributed by atoms with Crippen LogP contribution in [0.2, 0.25) is 0 Å². The Morgan fingerprint density at radius 1 is 1.35 bits per heavy atom. The molecule has 3 rings (SSSR count). The molecule has 0 radical (unpaired) electrons. The number of aromatic nitrogens is 1. The van der Waals surface area contributed by atoms with Gasteiger partial charge in [-0.2, -0.15) is 0 Å². The van der Waals surface area contributed by atoms with E-state index in [0.717, 1.165) is 19.3 Å². The van der Waals surface area contributed by atoms with Crippen LogP contribution >= 0.6 is 11.3 Å². The van der Waals surface area contributed by atoms with Gasteiger partial charge in [-0.05, 0) is 36.3 Å². The van der Waals surface area contributed by atoms with Crippen molar-refractivity contribution >= 4 is 11.3 Å². The quantitative estimate of drug-likeness (QED) is 0.905. The van der Waals surface area contributed by atoms with E-state index in [1.807, 2.05) is 11.3 Å². The van der Waals surface area contributed by atoms with Crippen LogP contribution in [0, 0.1) is 12.3 Å². The van der Waals surface area contributed by atoms with Crippen LogP contribution in [0.3, 0.4) is 0 Å². The predicted molar refractivity (Wildman–Crippen MR) is 85.1 cm³/mol. The normalized spacial score (nSPS) is 20.7. The van der Waals surface area contributed by atoms with Gasteiger partial charge in [0, 0.05) is 17.3 Å². The lowest BCUT2D eigenvalue weighted by Gasteiger charge is -2.32. The summed E-state index contributed by atoms with van der Waals surface area (Å²) in [7, 11) is 0. The Morgan fingerprint density at radius 3 is 2.85 bits per heavy atom. The molecule has 2 N–H and O–H groups in total. The third-order valence-corrected chi connectivity index (χ3v) is 5.36. The molecule has 0 bridgehead atoms. The highest BCUT2D eigenvalue weighted by Gasteiger charge is 2.33. The summed E-state index contributed by atoms with van der Waals surface area (Å²) in [4.78, 5) is 6.18. The van der Waals surface area contributed by atoms with Crippen LogP contribution in [0.15, 0.2) is 24.3 Å². The van der Waals surface area contributed by atoms with Crippen molar-refractivity contribution in [2.45, 2.75) is 46.1 Å². The van der Waals surface area contributed by atoms with E-state index in [1.54, 1.807) is 0 Å². The van der Waals surface area contributed by atoms with E-state index in [-0.39, 0.29) is 11.5 Å². The number of benzene rings is 1. The van der Waals surface area contributed by atoms with Crippen molar-refractivity contribution < 1.29 is 0 Å². The minimum absolute atomic E-state index is 0.164. The highest BCUT2D eigenvalue weighted by atomic mass is 32.1. The smallest absolute Gasteiger partial charge is 0.0975 e. The van der Waals surface area contributed by atoms with Crippen LogP contribution in [0.5, 0.6) is 0 Å². The molecule has 1 unspecified atom stereocenters. The molecule has 1 atom stereocenters. The minimum Gasteiger partial charge on any atom is -0.323 e. The fraction of sp³-hybridized carbons (Fsp3) is 0.471. The van der Waals surface area contributed by atoms with Gasteiger partial charge in [0.25, 0.3) is 0 Å². The zero-order chi connectivity index (χ0) is 14.3.